The standard InChI is InChI=1S/C16H16Cl2N2O3/c1-21-14-7-4-10(15(22-2)16(14)23-3)9-19-20-11-5-6-12(17)13(18)8-11/h4-9,20H,1-3H3/b19-9+. The smallest absolute Gasteiger partial charge is 0.203 e. The largest absolute Gasteiger partial charge is 0.493 e. The Morgan fingerprint density at radius 2 is 1.65 bits per heavy atom. The van der Waals surface area contributed by atoms with Crippen LogP contribution >= 0.6 is 23.2 Å². The molecule has 0 aliphatic rings. The van der Waals surface area contributed by atoms with Crippen molar-refractivity contribution in [3.63, 3.8) is 0 Å². The van der Waals surface area contributed by atoms with Crippen molar-refractivity contribution in [2.24, 2.45) is 5.10 Å². The van der Waals surface area contributed by atoms with Crippen LogP contribution < -0.4 is 19.6 Å². The summed E-state index contributed by atoms with van der Waals surface area (Å²) in [5.74, 6) is 1.62. The lowest BCUT2D eigenvalue weighted by molar-refractivity contribution is 0.324. The average Bonchev–Trinajstić information content (AvgIpc) is 2.57. The summed E-state index contributed by atoms with van der Waals surface area (Å²) in [4.78, 5) is 0. The molecular weight excluding hydrogens is 339 g/mol. The molecule has 0 aliphatic heterocycles. The fourth-order valence-corrected chi connectivity index (χ4v) is 2.27. The molecule has 7 heteroatoms. The first kappa shape index (κ1) is 17.2. The van der Waals surface area contributed by atoms with Gasteiger partial charge in [-0.15, -0.1) is 0 Å². The highest BCUT2D eigenvalue weighted by Gasteiger charge is 2.14. The molecule has 0 radical (unpaired) electrons. The highest BCUT2D eigenvalue weighted by molar-refractivity contribution is 6.42. The number of rotatable bonds is 6. The highest BCUT2D eigenvalue weighted by atomic mass is 35.5. The summed E-state index contributed by atoms with van der Waals surface area (Å²) in [5.41, 5.74) is 4.33. The Morgan fingerprint density at radius 3 is 2.26 bits per heavy atom. The van der Waals surface area contributed by atoms with E-state index in [4.69, 9.17) is 37.4 Å². The summed E-state index contributed by atoms with van der Waals surface area (Å²) in [6.07, 6.45) is 1.61. The molecule has 0 unspecified atom stereocenters. The van der Waals surface area contributed by atoms with E-state index in [0.717, 1.165) is 11.3 Å². The molecule has 0 atom stereocenters. The van der Waals surface area contributed by atoms with Crippen LogP contribution in [-0.2, 0) is 0 Å². The molecule has 0 amide bonds. The van der Waals surface area contributed by atoms with Crippen LogP contribution in [0, 0.1) is 0 Å². The zero-order valence-corrected chi connectivity index (χ0v) is 14.4. The van der Waals surface area contributed by atoms with Gasteiger partial charge in [0.1, 0.15) is 0 Å². The van der Waals surface area contributed by atoms with Gasteiger partial charge in [-0.1, -0.05) is 23.2 Å². The number of hydrazone groups is 1. The minimum Gasteiger partial charge on any atom is -0.493 e. The van der Waals surface area contributed by atoms with E-state index < -0.39 is 0 Å². The van der Waals surface area contributed by atoms with E-state index in [0.29, 0.717) is 27.3 Å². The van der Waals surface area contributed by atoms with Gasteiger partial charge < -0.3 is 14.2 Å². The predicted octanol–water partition coefficient (Wildman–Crippen LogP) is 4.47. The molecule has 2 aromatic carbocycles. The summed E-state index contributed by atoms with van der Waals surface area (Å²) < 4.78 is 16.0. The molecule has 5 nitrogen and oxygen atoms in total. The molecule has 0 heterocycles. The summed E-state index contributed by atoms with van der Waals surface area (Å²) in [5, 5.41) is 5.11. The van der Waals surface area contributed by atoms with E-state index in [2.05, 4.69) is 10.5 Å². The first-order valence-electron chi connectivity index (χ1n) is 6.63. The van der Waals surface area contributed by atoms with E-state index in [9.17, 15) is 0 Å². The van der Waals surface area contributed by atoms with E-state index >= 15 is 0 Å². The highest BCUT2D eigenvalue weighted by Crippen LogP contribution is 2.39. The van der Waals surface area contributed by atoms with Crippen LogP contribution in [0.15, 0.2) is 35.4 Å². The molecule has 0 fully saturated rings. The van der Waals surface area contributed by atoms with Crippen molar-refractivity contribution >= 4 is 35.1 Å². The number of hydrogen-bond donors (Lipinski definition) is 1. The summed E-state index contributed by atoms with van der Waals surface area (Å²) in [6, 6.07) is 8.76. The van der Waals surface area contributed by atoms with Crippen LogP contribution in [0.2, 0.25) is 10.0 Å². The number of halogens is 2. The van der Waals surface area contributed by atoms with E-state index in [1.54, 1.807) is 51.8 Å². The summed E-state index contributed by atoms with van der Waals surface area (Å²) >= 11 is 11.8. The predicted molar refractivity (Wildman–Crippen MR) is 93.8 cm³/mol. The Hall–Kier alpha value is -2.11. The van der Waals surface area contributed by atoms with Crippen molar-refractivity contribution < 1.29 is 14.2 Å². The van der Waals surface area contributed by atoms with Crippen LogP contribution in [0.1, 0.15) is 5.56 Å². The number of nitrogens with one attached hydrogen (secondary N) is 1. The lowest BCUT2D eigenvalue weighted by Crippen LogP contribution is -1.99. The summed E-state index contributed by atoms with van der Waals surface area (Å²) in [7, 11) is 4.67. The lowest BCUT2D eigenvalue weighted by Gasteiger charge is -2.13. The molecule has 0 saturated heterocycles. The van der Waals surface area contributed by atoms with Crippen molar-refractivity contribution in [3.8, 4) is 17.2 Å². The number of nitrogens with zero attached hydrogens (tertiary/aromatic N) is 1. The third-order valence-corrected chi connectivity index (χ3v) is 3.79. The SMILES string of the molecule is COc1ccc(/C=N/Nc2ccc(Cl)c(Cl)c2)c(OC)c1OC. The number of anilines is 1. The van der Waals surface area contributed by atoms with E-state index in [1.165, 1.54) is 0 Å². The maximum absolute atomic E-state index is 5.96. The Labute approximate surface area is 144 Å². The van der Waals surface area contributed by atoms with Gasteiger partial charge in [-0.05, 0) is 30.3 Å². The number of benzene rings is 2. The van der Waals surface area contributed by atoms with Crippen LogP contribution in [0.3, 0.4) is 0 Å². The van der Waals surface area contributed by atoms with Crippen LogP contribution in [-0.4, -0.2) is 27.5 Å². The van der Waals surface area contributed by atoms with Gasteiger partial charge in [-0.3, -0.25) is 5.43 Å². The van der Waals surface area contributed by atoms with Crippen molar-refractivity contribution in [2.75, 3.05) is 26.8 Å². The average molecular weight is 355 g/mol. The normalized spacial score (nSPS) is 10.7. The van der Waals surface area contributed by atoms with Crippen LogP contribution in [0.25, 0.3) is 0 Å². The van der Waals surface area contributed by atoms with Crippen LogP contribution in [0.4, 0.5) is 5.69 Å². The first-order valence-corrected chi connectivity index (χ1v) is 7.39. The van der Waals surface area contributed by atoms with Crippen molar-refractivity contribution in [2.45, 2.75) is 0 Å². The van der Waals surface area contributed by atoms with Gasteiger partial charge in [0, 0.05) is 5.56 Å². The molecule has 2 aromatic rings. The van der Waals surface area contributed by atoms with E-state index in [-0.39, 0.29) is 0 Å². The minimum absolute atomic E-state index is 0.454. The molecule has 0 saturated carbocycles. The van der Waals surface area contributed by atoms with Crippen molar-refractivity contribution in [1.29, 1.82) is 0 Å². The Morgan fingerprint density at radius 1 is 0.913 bits per heavy atom. The molecule has 0 bridgehead atoms. The quantitative estimate of drug-likeness (QED) is 0.614. The second kappa shape index (κ2) is 7.94. The summed E-state index contributed by atoms with van der Waals surface area (Å²) in [6.45, 7) is 0. The second-order valence-corrected chi connectivity index (χ2v) is 5.24. The first-order chi connectivity index (χ1) is 11.1. The van der Waals surface area contributed by atoms with Gasteiger partial charge in [0.2, 0.25) is 5.75 Å². The zero-order chi connectivity index (χ0) is 16.8. The van der Waals surface area contributed by atoms with Gasteiger partial charge in [-0.25, -0.2) is 0 Å². The van der Waals surface area contributed by atoms with Gasteiger partial charge in [0.15, 0.2) is 11.5 Å². The molecule has 122 valence electrons. The van der Waals surface area contributed by atoms with Crippen molar-refractivity contribution in [1.82, 2.24) is 0 Å². The molecule has 0 aromatic heterocycles. The third kappa shape index (κ3) is 4.00. The topological polar surface area (TPSA) is 52.1 Å². The number of ether oxygens (including phenoxy) is 3. The van der Waals surface area contributed by atoms with Crippen molar-refractivity contribution in [3.05, 3.63) is 45.9 Å². The fourth-order valence-electron chi connectivity index (χ4n) is 1.97. The van der Waals surface area contributed by atoms with Gasteiger partial charge in [0.05, 0.1) is 43.3 Å². The second-order valence-electron chi connectivity index (χ2n) is 4.42. The molecule has 0 aliphatic carbocycles. The Bertz CT molecular complexity index is 721. The number of hydrogen-bond acceptors (Lipinski definition) is 5. The molecule has 1 N–H and O–H groups in total. The molecule has 0 spiro atoms. The van der Waals surface area contributed by atoms with Gasteiger partial charge in [0.25, 0.3) is 0 Å². The fraction of sp³-hybridized carbons (Fsp3) is 0.188. The Balaban J connectivity index is 2.23. The Kier molecular flexibility index (Phi) is 5.96. The minimum atomic E-state index is 0.454. The van der Waals surface area contributed by atoms with Crippen LogP contribution in [0.5, 0.6) is 17.2 Å². The lowest BCUT2D eigenvalue weighted by atomic mass is 10.2. The monoisotopic (exact) mass is 354 g/mol. The zero-order valence-electron chi connectivity index (χ0n) is 12.9. The maximum Gasteiger partial charge on any atom is 0.203 e. The maximum atomic E-state index is 5.96. The molecule has 2 rings (SSSR count). The molecule has 23 heavy (non-hydrogen) atoms. The van der Waals surface area contributed by atoms with Gasteiger partial charge in [-0.2, -0.15) is 5.10 Å². The van der Waals surface area contributed by atoms with E-state index in [1.807, 2.05) is 6.07 Å². The van der Waals surface area contributed by atoms with Gasteiger partial charge >= 0.3 is 0 Å². The molecular formula is C16H16Cl2N2O3. The number of methoxy groups -OCH3 is 3. The third-order valence-electron chi connectivity index (χ3n) is 3.05.